The molecule has 0 aliphatic carbocycles. The molecule has 232 valence electrons. The zero-order valence-corrected chi connectivity index (χ0v) is 27.1. The van der Waals surface area contributed by atoms with Gasteiger partial charge in [0.1, 0.15) is 12.6 Å². The van der Waals surface area contributed by atoms with Gasteiger partial charge in [0.05, 0.1) is 24.8 Å². The van der Waals surface area contributed by atoms with Crippen molar-refractivity contribution in [3.8, 4) is 11.5 Å². The number of carbonyl (C=O) groups is 2. The molecule has 9 nitrogen and oxygen atoms in total. The number of nitrogens with one attached hydrogen (secondary N) is 1. The summed E-state index contributed by atoms with van der Waals surface area (Å²) in [6, 6.07) is 15.7. The van der Waals surface area contributed by atoms with E-state index in [9.17, 15) is 18.0 Å². The Morgan fingerprint density at radius 2 is 1.63 bits per heavy atom. The molecule has 0 heterocycles. The molecule has 0 unspecified atom stereocenters. The molecule has 1 N–H and O–H groups in total. The van der Waals surface area contributed by atoms with Crippen molar-refractivity contribution in [3.05, 3.63) is 82.4 Å². The average Bonchev–Trinajstić information content (AvgIpc) is 2.97. The Labute approximate surface area is 259 Å². The maximum absolute atomic E-state index is 14.2. The number of anilines is 1. The van der Waals surface area contributed by atoms with Crippen LogP contribution in [0.2, 0.25) is 5.02 Å². The molecule has 0 bridgehead atoms. The summed E-state index contributed by atoms with van der Waals surface area (Å²) in [5.41, 5.74) is 2.68. The molecule has 3 rings (SSSR count). The lowest BCUT2D eigenvalue weighted by molar-refractivity contribution is -0.139. The van der Waals surface area contributed by atoms with Crippen LogP contribution >= 0.6 is 11.6 Å². The Hall–Kier alpha value is -3.76. The summed E-state index contributed by atoms with van der Waals surface area (Å²) in [7, 11) is -1.41. The Morgan fingerprint density at radius 3 is 2.23 bits per heavy atom. The number of unbranched alkanes of at least 4 members (excludes halogenated alkanes) is 1. The zero-order valence-electron chi connectivity index (χ0n) is 25.5. The fraction of sp³-hybridized carbons (Fsp3) is 0.375. The normalized spacial score (nSPS) is 11.9. The van der Waals surface area contributed by atoms with Crippen molar-refractivity contribution in [1.82, 2.24) is 10.2 Å². The minimum Gasteiger partial charge on any atom is -0.493 e. The van der Waals surface area contributed by atoms with Crippen molar-refractivity contribution in [1.29, 1.82) is 0 Å². The van der Waals surface area contributed by atoms with Gasteiger partial charge >= 0.3 is 0 Å². The van der Waals surface area contributed by atoms with Crippen LogP contribution in [0.25, 0.3) is 0 Å². The zero-order chi connectivity index (χ0) is 31.7. The maximum atomic E-state index is 14.2. The number of nitrogens with zero attached hydrogens (tertiary/aromatic N) is 2. The Kier molecular flexibility index (Phi) is 11.9. The van der Waals surface area contributed by atoms with Crippen LogP contribution in [0.3, 0.4) is 0 Å². The van der Waals surface area contributed by atoms with E-state index in [0.717, 1.165) is 28.3 Å². The van der Waals surface area contributed by atoms with Gasteiger partial charge in [-0.05, 0) is 80.3 Å². The van der Waals surface area contributed by atoms with Gasteiger partial charge < -0.3 is 19.7 Å². The third-order valence-corrected chi connectivity index (χ3v) is 8.96. The second-order valence-electron chi connectivity index (χ2n) is 10.3. The molecule has 0 aliphatic rings. The number of halogens is 1. The molecule has 11 heteroatoms. The minimum atomic E-state index is -4.29. The lowest BCUT2D eigenvalue weighted by Gasteiger charge is -2.32. The minimum absolute atomic E-state index is 0.0544. The average molecular weight is 630 g/mol. The molecule has 0 aromatic heterocycles. The topological polar surface area (TPSA) is 105 Å². The van der Waals surface area contributed by atoms with E-state index in [1.54, 1.807) is 43.3 Å². The predicted octanol–water partition coefficient (Wildman–Crippen LogP) is 5.50. The van der Waals surface area contributed by atoms with Crippen molar-refractivity contribution in [3.63, 3.8) is 0 Å². The largest absolute Gasteiger partial charge is 0.493 e. The molecule has 0 saturated heterocycles. The predicted molar refractivity (Wildman–Crippen MR) is 169 cm³/mol. The van der Waals surface area contributed by atoms with Crippen molar-refractivity contribution in [2.75, 3.05) is 31.6 Å². The first-order valence-electron chi connectivity index (χ1n) is 14.1. The smallest absolute Gasteiger partial charge is 0.264 e. The SMILES string of the molecule is CCCCNC(=O)[C@@H](C)N(Cc1cccc(Cl)c1)C(=O)CN(c1cc(C)cc(C)c1)S(=O)(=O)c1ccc(OC)c(OC)c1. The Balaban J connectivity index is 2.08. The number of rotatable bonds is 14. The van der Waals surface area contributed by atoms with Crippen LogP contribution in [0.1, 0.15) is 43.4 Å². The van der Waals surface area contributed by atoms with Gasteiger partial charge in [-0.25, -0.2) is 8.42 Å². The maximum Gasteiger partial charge on any atom is 0.264 e. The van der Waals surface area contributed by atoms with Crippen LogP contribution in [-0.4, -0.2) is 58.5 Å². The van der Waals surface area contributed by atoms with Crippen LogP contribution in [0, 0.1) is 13.8 Å². The summed E-state index contributed by atoms with van der Waals surface area (Å²) in [5.74, 6) is -0.285. The molecular formula is C32H40ClN3O6S. The van der Waals surface area contributed by atoms with Crippen molar-refractivity contribution in [2.24, 2.45) is 0 Å². The summed E-state index contributed by atoms with van der Waals surface area (Å²) in [4.78, 5) is 28.6. The summed E-state index contributed by atoms with van der Waals surface area (Å²) >= 11 is 6.21. The number of methoxy groups -OCH3 is 2. The molecule has 3 aromatic rings. The lowest BCUT2D eigenvalue weighted by atomic mass is 10.1. The van der Waals surface area contributed by atoms with Gasteiger partial charge in [-0.2, -0.15) is 0 Å². The second kappa shape index (κ2) is 15.1. The van der Waals surface area contributed by atoms with E-state index in [-0.39, 0.29) is 23.1 Å². The first kappa shape index (κ1) is 33.7. The first-order chi connectivity index (χ1) is 20.4. The van der Waals surface area contributed by atoms with Crippen LogP contribution in [0.4, 0.5) is 5.69 Å². The Bertz CT molecular complexity index is 1530. The monoisotopic (exact) mass is 629 g/mol. The van der Waals surface area contributed by atoms with E-state index in [2.05, 4.69) is 5.32 Å². The fourth-order valence-corrected chi connectivity index (χ4v) is 6.31. The molecular weight excluding hydrogens is 590 g/mol. The van der Waals surface area contributed by atoms with Crippen molar-refractivity contribution in [2.45, 2.75) is 58.0 Å². The lowest BCUT2D eigenvalue weighted by Crippen LogP contribution is -2.51. The number of carbonyl (C=O) groups excluding carboxylic acids is 2. The van der Waals surface area contributed by atoms with E-state index >= 15 is 0 Å². The number of ether oxygens (including phenoxy) is 2. The van der Waals surface area contributed by atoms with Gasteiger partial charge in [0.15, 0.2) is 11.5 Å². The summed E-state index contributed by atoms with van der Waals surface area (Å²) in [5, 5.41) is 3.36. The molecule has 3 aromatic carbocycles. The number of hydrogen-bond acceptors (Lipinski definition) is 6. The fourth-order valence-electron chi connectivity index (χ4n) is 4.68. The standard InChI is InChI=1S/C32H40ClN3O6S/c1-7-8-14-34-32(38)24(4)35(20-25-10-9-11-26(33)18-25)31(37)21-36(27-16-22(2)15-23(3)17-27)43(39,40)28-12-13-29(41-5)30(19-28)42-6/h9-13,15-19,24H,7-8,14,20-21H2,1-6H3,(H,34,38)/t24-/m1/s1. The first-order valence-corrected chi connectivity index (χ1v) is 15.9. The highest BCUT2D eigenvalue weighted by molar-refractivity contribution is 7.92. The van der Waals surface area contributed by atoms with Gasteiger partial charge in [-0.1, -0.05) is 43.1 Å². The summed E-state index contributed by atoms with van der Waals surface area (Å²) < 4.78 is 40.2. The highest BCUT2D eigenvalue weighted by Gasteiger charge is 2.33. The van der Waals surface area contributed by atoms with Crippen LogP contribution < -0.4 is 19.1 Å². The summed E-state index contributed by atoms with van der Waals surface area (Å²) in [6.07, 6.45) is 1.70. The highest BCUT2D eigenvalue weighted by Crippen LogP contribution is 2.33. The number of amides is 2. The van der Waals surface area contributed by atoms with E-state index in [1.807, 2.05) is 26.8 Å². The van der Waals surface area contributed by atoms with Crippen LogP contribution in [0.5, 0.6) is 11.5 Å². The molecule has 0 aliphatic heterocycles. The summed E-state index contributed by atoms with van der Waals surface area (Å²) in [6.45, 7) is 7.34. The van der Waals surface area contributed by atoms with E-state index in [0.29, 0.717) is 28.6 Å². The van der Waals surface area contributed by atoms with Gasteiger partial charge in [0.25, 0.3) is 10.0 Å². The van der Waals surface area contributed by atoms with Gasteiger partial charge in [-0.15, -0.1) is 0 Å². The molecule has 43 heavy (non-hydrogen) atoms. The number of aryl methyl sites for hydroxylation is 2. The third-order valence-electron chi connectivity index (χ3n) is 6.96. The van der Waals surface area contributed by atoms with E-state index in [1.165, 1.54) is 37.3 Å². The number of benzene rings is 3. The molecule has 0 saturated carbocycles. The molecule has 0 fully saturated rings. The quantitative estimate of drug-likeness (QED) is 0.236. The van der Waals surface area contributed by atoms with Gasteiger partial charge in [0, 0.05) is 24.2 Å². The molecule has 2 amide bonds. The molecule has 0 spiro atoms. The van der Waals surface area contributed by atoms with Crippen LogP contribution in [-0.2, 0) is 26.2 Å². The number of sulfonamides is 1. The third kappa shape index (κ3) is 8.64. The van der Waals surface area contributed by atoms with Crippen molar-refractivity contribution >= 4 is 39.1 Å². The molecule has 1 atom stereocenters. The van der Waals surface area contributed by atoms with Crippen molar-refractivity contribution < 1.29 is 27.5 Å². The number of hydrogen-bond donors (Lipinski definition) is 1. The van der Waals surface area contributed by atoms with E-state index < -0.39 is 28.5 Å². The van der Waals surface area contributed by atoms with Gasteiger partial charge in [-0.3, -0.25) is 13.9 Å². The van der Waals surface area contributed by atoms with Crippen LogP contribution in [0.15, 0.2) is 65.6 Å². The van der Waals surface area contributed by atoms with E-state index in [4.69, 9.17) is 21.1 Å². The Morgan fingerprint density at radius 1 is 0.953 bits per heavy atom. The highest BCUT2D eigenvalue weighted by atomic mass is 35.5. The second-order valence-corrected chi connectivity index (χ2v) is 12.6. The van der Waals surface area contributed by atoms with Gasteiger partial charge in [0.2, 0.25) is 11.8 Å². The molecule has 0 radical (unpaired) electrons.